The average molecular weight is 279 g/mol. The average Bonchev–Trinajstić information content (AvgIpc) is 2.46. The maximum atomic E-state index is 12.5. The Morgan fingerprint density at radius 3 is 1.75 bits per heavy atom. The number of aryl methyl sites for hydroxylation is 1. The number of nitrogens with two attached hydrogens (primary N) is 1. The van der Waals surface area contributed by atoms with Crippen LogP contribution in [0.2, 0.25) is 0 Å². The van der Waals surface area contributed by atoms with Crippen LogP contribution in [0.25, 0.3) is 0 Å². The first-order valence-electron chi connectivity index (χ1n) is 6.43. The summed E-state index contributed by atoms with van der Waals surface area (Å²) in [5, 5.41) is 0. The SMILES string of the molecule is CCc1ccc(C(N)c2ccc(C(F)(F)F)cc2)cc1. The van der Waals surface area contributed by atoms with Gasteiger partial charge in [0.25, 0.3) is 0 Å². The highest BCUT2D eigenvalue weighted by molar-refractivity contribution is 5.35. The van der Waals surface area contributed by atoms with Gasteiger partial charge in [-0.1, -0.05) is 43.3 Å². The molecular formula is C16H16F3N. The fraction of sp³-hybridized carbons (Fsp3) is 0.250. The van der Waals surface area contributed by atoms with Crippen molar-refractivity contribution in [3.63, 3.8) is 0 Å². The van der Waals surface area contributed by atoms with Gasteiger partial charge in [-0.25, -0.2) is 0 Å². The van der Waals surface area contributed by atoms with Crippen molar-refractivity contribution < 1.29 is 13.2 Å². The highest BCUT2D eigenvalue weighted by atomic mass is 19.4. The predicted molar refractivity (Wildman–Crippen MR) is 73.3 cm³/mol. The van der Waals surface area contributed by atoms with Crippen LogP contribution in [0.15, 0.2) is 48.5 Å². The van der Waals surface area contributed by atoms with Gasteiger partial charge in [0.1, 0.15) is 0 Å². The van der Waals surface area contributed by atoms with Crippen LogP contribution >= 0.6 is 0 Å². The Hall–Kier alpha value is -1.81. The minimum absolute atomic E-state index is 0.414. The quantitative estimate of drug-likeness (QED) is 0.889. The second kappa shape index (κ2) is 5.67. The van der Waals surface area contributed by atoms with E-state index in [2.05, 4.69) is 6.92 Å². The lowest BCUT2D eigenvalue weighted by Gasteiger charge is -2.14. The molecule has 0 aliphatic heterocycles. The van der Waals surface area contributed by atoms with Gasteiger partial charge in [0.2, 0.25) is 0 Å². The number of hydrogen-bond acceptors (Lipinski definition) is 1. The van der Waals surface area contributed by atoms with E-state index in [9.17, 15) is 13.2 Å². The van der Waals surface area contributed by atoms with Crippen LogP contribution in [0, 0.1) is 0 Å². The van der Waals surface area contributed by atoms with Crippen molar-refractivity contribution in [3.8, 4) is 0 Å². The molecule has 0 aromatic heterocycles. The van der Waals surface area contributed by atoms with E-state index in [0.717, 1.165) is 24.1 Å². The van der Waals surface area contributed by atoms with E-state index in [-0.39, 0.29) is 0 Å². The smallest absolute Gasteiger partial charge is 0.320 e. The van der Waals surface area contributed by atoms with Crippen molar-refractivity contribution >= 4 is 0 Å². The molecule has 0 saturated heterocycles. The van der Waals surface area contributed by atoms with Gasteiger partial charge in [0.05, 0.1) is 11.6 Å². The Morgan fingerprint density at radius 1 is 0.900 bits per heavy atom. The van der Waals surface area contributed by atoms with Gasteiger partial charge in [-0.05, 0) is 35.2 Å². The molecule has 20 heavy (non-hydrogen) atoms. The monoisotopic (exact) mass is 279 g/mol. The molecule has 1 atom stereocenters. The minimum atomic E-state index is -4.31. The Morgan fingerprint density at radius 2 is 1.35 bits per heavy atom. The third kappa shape index (κ3) is 3.20. The van der Waals surface area contributed by atoms with Crippen LogP contribution < -0.4 is 5.73 Å². The molecule has 0 aliphatic rings. The molecule has 1 unspecified atom stereocenters. The molecule has 0 amide bonds. The summed E-state index contributed by atoms with van der Waals surface area (Å²) in [5.41, 5.74) is 8.19. The second-order valence-electron chi connectivity index (χ2n) is 4.69. The summed E-state index contributed by atoms with van der Waals surface area (Å²) in [7, 11) is 0. The summed E-state index contributed by atoms with van der Waals surface area (Å²) < 4.78 is 37.5. The summed E-state index contributed by atoms with van der Waals surface area (Å²) in [6.45, 7) is 2.06. The number of halogens is 3. The van der Waals surface area contributed by atoms with Gasteiger partial charge in [0.15, 0.2) is 0 Å². The van der Waals surface area contributed by atoms with E-state index in [1.807, 2.05) is 24.3 Å². The molecule has 0 spiro atoms. The van der Waals surface area contributed by atoms with Gasteiger partial charge in [0, 0.05) is 0 Å². The fourth-order valence-electron chi connectivity index (χ4n) is 2.03. The third-order valence-electron chi connectivity index (χ3n) is 3.34. The van der Waals surface area contributed by atoms with Crippen LogP contribution in [0.5, 0.6) is 0 Å². The maximum Gasteiger partial charge on any atom is 0.416 e. The molecule has 106 valence electrons. The lowest BCUT2D eigenvalue weighted by Crippen LogP contribution is -2.12. The number of alkyl halides is 3. The van der Waals surface area contributed by atoms with Crippen LogP contribution in [0.1, 0.15) is 35.2 Å². The van der Waals surface area contributed by atoms with E-state index in [4.69, 9.17) is 5.73 Å². The largest absolute Gasteiger partial charge is 0.416 e. The zero-order valence-electron chi connectivity index (χ0n) is 11.1. The first-order chi connectivity index (χ1) is 9.41. The Bertz CT molecular complexity index is 556. The molecule has 2 aromatic carbocycles. The summed E-state index contributed by atoms with van der Waals surface area (Å²) in [6.07, 6.45) is -3.37. The van der Waals surface area contributed by atoms with Gasteiger partial charge in [-0.15, -0.1) is 0 Å². The Labute approximate surface area is 116 Å². The molecule has 2 aromatic rings. The van der Waals surface area contributed by atoms with Gasteiger partial charge in [-0.3, -0.25) is 0 Å². The zero-order chi connectivity index (χ0) is 14.8. The zero-order valence-corrected chi connectivity index (χ0v) is 11.1. The maximum absolute atomic E-state index is 12.5. The Kier molecular flexibility index (Phi) is 4.14. The normalized spacial score (nSPS) is 13.2. The number of hydrogen-bond donors (Lipinski definition) is 1. The molecular weight excluding hydrogens is 263 g/mol. The number of rotatable bonds is 3. The van der Waals surface area contributed by atoms with Crippen molar-refractivity contribution in [2.75, 3.05) is 0 Å². The molecule has 0 radical (unpaired) electrons. The first-order valence-corrected chi connectivity index (χ1v) is 6.43. The molecule has 0 fully saturated rings. The second-order valence-corrected chi connectivity index (χ2v) is 4.69. The molecule has 4 heteroatoms. The van der Waals surface area contributed by atoms with Gasteiger partial charge in [-0.2, -0.15) is 13.2 Å². The predicted octanol–water partition coefficient (Wildman–Crippen LogP) is 4.32. The highest BCUT2D eigenvalue weighted by Crippen LogP contribution is 2.30. The van der Waals surface area contributed by atoms with E-state index < -0.39 is 17.8 Å². The van der Waals surface area contributed by atoms with E-state index in [1.54, 1.807) is 0 Å². The van der Waals surface area contributed by atoms with E-state index in [0.29, 0.717) is 5.56 Å². The highest BCUT2D eigenvalue weighted by Gasteiger charge is 2.30. The number of benzene rings is 2. The van der Waals surface area contributed by atoms with E-state index in [1.165, 1.54) is 17.7 Å². The van der Waals surface area contributed by atoms with Gasteiger partial charge < -0.3 is 5.73 Å². The summed E-state index contributed by atoms with van der Waals surface area (Å²) in [6, 6.07) is 12.4. The first kappa shape index (κ1) is 14.6. The van der Waals surface area contributed by atoms with Crippen molar-refractivity contribution in [1.82, 2.24) is 0 Å². The summed E-state index contributed by atoms with van der Waals surface area (Å²) in [4.78, 5) is 0. The molecule has 0 aliphatic carbocycles. The van der Waals surface area contributed by atoms with Crippen molar-refractivity contribution in [2.24, 2.45) is 5.73 Å². The van der Waals surface area contributed by atoms with E-state index >= 15 is 0 Å². The van der Waals surface area contributed by atoms with Crippen LogP contribution in [0.3, 0.4) is 0 Å². The van der Waals surface area contributed by atoms with Gasteiger partial charge >= 0.3 is 6.18 Å². The topological polar surface area (TPSA) is 26.0 Å². The summed E-state index contributed by atoms with van der Waals surface area (Å²) in [5.74, 6) is 0. The minimum Gasteiger partial charge on any atom is -0.320 e. The Balaban J connectivity index is 2.22. The molecule has 0 saturated carbocycles. The molecule has 0 heterocycles. The molecule has 0 bridgehead atoms. The van der Waals surface area contributed by atoms with Crippen molar-refractivity contribution in [3.05, 3.63) is 70.8 Å². The van der Waals surface area contributed by atoms with Crippen LogP contribution in [-0.4, -0.2) is 0 Å². The molecule has 1 nitrogen and oxygen atoms in total. The van der Waals surface area contributed by atoms with Crippen LogP contribution in [-0.2, 0) is 12.6 Å². The van der Waals surface area contributed by atoms with Crippen molar-refractivity contribution in [2.45, 2.75) is 25.6 Å². The lowest BCUT2D eigenvalue weighted by atomic mass is 9.97. The third-order valence-corrected chi connectivity index (χ3v) is 3.34. The standard InChI is InChI=1S/C16H16F3N/c1-2-11-3-5-12(6-4-11)15(20)13-7-9-14(10-8-13)16(17,18)19/h3-10,15H,2,20H2,1H3. The van der Waals surface area contributed by atoms with Crippen molar-refractivity contribution in [1.29, 1.82) is 0 Å². The summed E-state index contributed by atoms with van der Waals surface area (Å²) >= 11 is 0. The van der Waals surface area contributed by atoms with Crippen LogP contribution in [0.4, 0.5) is 13.2 Å². The molecule has 2 rings (SSSR count). The fourth-order valence-corrected chi connectivity index (χ4v) is 2.03. The molecule has 2 N–H and O–H groups in total. The lowest BCUT2D eigenvalue weighted by molar-refractivity contribution is -0.137.